The average Bonchev–Trinajstić information content (AvgIpc) is 3.03. The molecule has 1 aromatic heterocycles. The molecule has 0 aromatic carbocycles. The van der Waals surface area contributed by atoms with Crippen molar-refractivity contribution in [3.63, 3.8) is 0 Å². The summed E-state index contributed by atoms with van der Waals surface area (Å²) >= 11 is 0. The number of aromatic nitrogens is 2. The molecule has 0 saturated carbocycles. The van der Waals surface area contributed by atoms with E-state index in [-0.39, 0.29) is 5.54 Å². The number of ether oxygens (including phenoxy) is 1. The van der Waals surface area contributed by atoms with Crippen LogP contribution in [0.2, 0.25) is 0 Å². The van der Waals surface area contributed by atoms with Gasteiger partial charge in [-0.25, -0.2) is 13.1 Å². The van der Waals surface area contributed by atoms with E-state index in [9.17, 15) is 8.42 Å². The smallest absolute Gasteiger partial charge is 0.244 e. The maximum absolute atomic E-state index is 12.8. The first-order valence-corrected chi connectivity index (χ1v) is 9.97. The number of rotatable bonds is 8. The number of sulfonamides is 1. The van der Waals surface area contributed by atoms with Crippen LogP contribution < -0.4 is 10.0 Å². The van der Waals surface area contributed by atoms with Gasteiger partial charge in [-0.15, -0.1) is 0 Å². The lowest BCUT2D eigenvalue weighted by Gasteiger charge is -2.28. The normalized spacial score (nSPS) is 21.8. The van der Waals surface area contributed by atoms with Crippen molar-refractivity contribution in [1.82, 2.24) is 19.8 Å². The summed E-state index contributed by atoms with van der Waals surface area (Å²) < 4.78 is 35.5. The molecule has 138 valence electrons. The monoisotopic (exact) mass is 358 g/mol. The summed E-state index contributed by atoms with van der Waals surface area (Å²) in [7, 11) is -1.97. The molecule has 2 heterocycles. The molecule has 1 atom stereocenters. The van der Waals surface area contributed by atoms with Crippen molar-refractivity contribution in [3.05, 3.63) is 11.4 Å². The van der Waals surface area contributed by atoms with E-state index < -0.39 is 10.0 Å². The van der Waals surface area contributed by atoms with Gasteiger partial charge in [-0.05, 0) is 39.2 Å². The third-order valence-electron chi connectivity index (χ3n) is 4.48. The van der Waals surface area contributed by atoms with Gasteiger partial charge in [0.2, 0.25) is 10.0 Å². The van der Waals surface area contributed by atoms with Gasteiger partial charge in [-0.3, -0.25) is 4.68 Å². The molecule has 0 amide bonds. The van der Waals surface area contributed by atoms with Gasteiger partial charge in [0.1, 0.15) is 4.90 Å². The first-order chi connectivity index (χ1) is 11.2. The van der Waals surface area contributed by atoms with Crippen LogP contribution in [0.1, 0.15) is 38.1 Å². The lowest BCUT2D eigenvalue weighted by atomic mass is 9.99. The molecule has 7 nitrogen and oxygen atoms in total. The fourth-order valence-corrected chi connectivity index (χ4v) is 4.90. The maximum atomic E-state index is 12.8. The summed E-state index contributed by atoms with van der Waals surface area (Å²) in [5, 5.41) is 7.79. The van der Waals surface area contributed by atoms with E-state index in [1.165, 1.54) is 0 Å². The van der Waals surface area contributed by atoms with E-state index in [2.05, 4.69) is 29.0 Å². The van der Waals surface area contributed by atoms with Crippen LogP contribution in [0.5, 0.6) is 0 Å². The zero-order valence-electron chi connectivity index (χ0n) is 15.3. The predicted octanol–water partition coefficient (Wildman–Crippen LogP) is 1.20. The van der Waals surface area contributed by atoms with Crippen LogP contribution in [-0.4, -0.2) is 50.5 Å². The van der Waals surface area contributed by atoms with E-state index in [0.717, 1.165) is 19.4 Å². The van der Waals surface area contributed by atoms with Crippen LogP contribution in [0, 0.1) is 19.8 Å². The fraction of sp³-hybridized carbons (Fsp3) is 0.812. The Kier molecular flexibility index (Phi) is 6.06. The molecule has 1 saturated heterocycles. The van der Waals surface area contributed by atoms with E-state index in [0.29, 0.717) is 41.9 Å². The number of nitrogens with one attached hydrogen (secondary N) is 2. The third-order valence-corrected chi connectivity index (χ3v) is 6.13. The van der Waals surface area contributed by atoms with Gasteiger partial charge in [-0.2, -0.15) is 5.10 Å². The van der Waals surface area contributed by atoms with Crippen LogP contribution in [0.3, 0.4) is 0 Å². The Bertz CT molecular complexity index is 661. The van der Waals surface area contributed by atoms with Crippen LogP contribution in [0.15, 0.2) is 4.90 Å². The first kappa shape index (κ1) is 19.4. The van der Waals surface area contributed by atoms with Gasteiger partial charge in [0.15, 0.2) is 0 Å². The minimum atomic E-state index is -3.61. The molecule has 1 aliphatic rings. The Morgan fingerprint density at radius 1 is 1.42 bits per heavy atom. The quantitative estimate of drug-likeness (QED) is 0.729. The largest absolute Gasteiger partial charge is 0.383 e. The van der Waals surface area contributed by atoms with Gasteiger partial charge < -0.3 is 10.1 Å². The second-order valence-corrected chi connectivity index (χ2v) is 8.85. The van der Waals surface area contributed by atoms with E-state index in [1.54, 1.807) is 18.7 Å². The van der Waals surface area contributed by atoms with Crippen molar-refractivity contribution >= 4 is 10.0 Å². The van der Waals surface area contributed by atoms with Gasteiger partial charge in [0.25, 0.3) is 0 Å². The van der Waals surface area contributed by atoms with E-state index in [4.69, 9.17) is 4.74 Å². The summed E-state index contributed by atoms with van der Waals surface area (Å²) in [6, 6.07) is 0. The molecule has 0 spiro atoms. The topological polar surface area (TPSA) is 85.2 Å². The second-order valence-electron chi connectivity index (χ2n) is 7.14. The van der Waals surface area contributed by atoms with Crippen molar-refractivity contribution in [2.75, 3.05) is 26.8 Å². The number of hydrogen-bond donors (Lipinski definition) is 2. The Labute approximate surface area is 145 Å². The lowest BCUT2D eigenvalue weighted by molar-refractivity contribution is 0.122. The number of methoxy groups -OCH3 is 1. The highest BCUT2D eigenvalue weighted by atomic mass is 32.2. The minimum Gasteiger partial charge on any atom is -0.383 e. The highest BCUT2D eigenvalue weighted by molar-refractivity contribution is 7.89. The zero-order valence-corrected chi connectivity index (χ0v) is 16.2. The highest BCUT2D eigenvalue weighted by Gasteiger charge is 2.35. The molecule has 0 radical (unpaired) electrons. The molecule has 2 rings (SSSR count). The molecule has 1 fully saturated rings. The highest BCUT2D eigenvalue weighted by Crippen LogP contribution is 2.23. The third kappa shape index (κ3) is 4.17. The standard InChI is InChI=1S/C16H30N4O3S/c1-12(2)9-20-14(4)15(13(3)19-20)24(21,22)18-10-16(11-23-5)7-6-8-17-16/h12,17-18H,6-11H2,1-5H3. The number of nitrogens with zero attached hydrogens (tertiary/aromatic N) is 2. The van der Waals surface area contributed by atoms with Gasteiger partial charge in [0, 0.05) is 20.2 Å². The molecule has 0 bridgehead atoms. The number of hydrogen-bond acceptors (Lipinski definition) is 5. The van der Waals surface area contributed by atoms with Gasteiger partial charge >= 0.3 is 0 Å². The van der Waals surface area contributed by atoms with E-state index >= 15 is 0 Å². The van der Waals surface area contributed by atoms with Crippen molar-refractivity contribution in [1.29, 1.82) is 0 Å². The van der Waals surface area contributed by atoms with Gasteiger partial charge in [0.05, 0.1) is 23.5 Å². The lowest BCUT2D eigenvalue weighted by Crippen LogP contribution is -2.53. The SMILES string of the molecule is COCC1(CNS(=O)(=O)c2c(C)nn(CC(C)C)c2C)CCCN1. The van der Waals surface area contributed by atoms with Crippen LogP contribution in [-0.2, 0) is 21.3 Å². The Balaban J connectivity index is 2.20. The summed E-state index contributed by atoms with van der Waals surface area (Å²) in [5.74, 6) is 0.402. The zero-order chi connectivity index (χ0) is 18.0. The molecular weight excluding hydrogens is 328 g/mol. The molecule has 1 unspecified atom stereocenters. The molecular formula is C16H30N4O3S. The van der Waals surface area contributed by atoms with Gasteiger partial charge in [-0.1, -0.05) is 13.8 Å². The Morgan fingerprint density at radius 2 is 2.12 bits per heavy atom. The van der Waals surface area contributed by atoms with Crippen LogP contribution in [0.4, 0.5) is 0 Å². The van der Waals surface area contributed by atoms with Crippen molar-refractivity contribution in [3.8, 4) is 0 Å². The van der Waals surface area contributed by atoms with Crippen LogP contribution in [0.25, 0.3) is 0 Å². The van der Waals surface area contributed by atoms with Crippen molar-refractivity contribution in [2.24, 2.45) is 5.92 Å². The summed E-state index contributed by atoms with van der Waals surface area (Å²) in [4.78, 5) is 0.300. The number of aryl methyl sites for hydroxylation is 1. The fourth-order valence-electron chi connectivity index (χ4n) is 3.37. The van der Waals surface area contributed by atoms with Crippen molar-refractivity contribution in [2.45, 2.75) is 57.5 Å². The van der Waals surface area contributed by atoms with E-state index in [1.807, 2.05) is 6.92 Å². The summed E-state index contributed by atoms with van der Waals surface area (Å²) in [6.07, 6.45) is 1.92. The Hall–Kier alpha value is -0.960. The molecule has 0 aliphatic carbocycles. The predicted molar refractivity (Wildman–Crippen MR) is 93.6 cm³/mol. The summed E-state index contributed by atoms with van der Waals surface area (Å²) in [5.41, 5.74) is 0.909. The maximum Gasteiger partial charge on any atom is 0.244 e. The first-order valence-electron chi connectivity index (χ1n) is 8.48. The molecule has 1 aliphatic heterocycles. The molecule has 1 aromatic rings. The van der Waals surface area contributed by atoms with Crippen LogP contribution >= 0.6 is 0 Å². The molecule has 8 heteroatoms. The molecule has 24 heavy (non-hydrogen) atoms. The Morgan fingerprint density at radius 3 is 2.67 bits per heavy atom. The second kappa shape index (κ2) is 7.51. The minimum absolute atomic E-state index is 0.300. The average molecular weight is 359 g/mol. The molecule has 2 N–H and O–H groups in total. The van der Waals surface area contributed by atoms with Crippen molar-refractivity contribution < 1.29 is 13.2 Å². The summed E-state index contributed by atoms with van der Waals surface area (Å²) in [6.45, 7) is 10.1.